The first-order valence-corrected chi connectivity index (χ1v) is 7.46. The molecule has 1 aliphatic heterocycles. The van der Waals surface area contributed by atoms with Crippen molar-refractivity contribution in [2.24, 2.45) is 0 Å². The van der Waals surface area contributed by atoms with Crippen molar-refractivity contribution >= 4 is 8.80 Å². The van der Waals surface area contributed by atoms with Crippen molar-refractivity contribution in [2.45, 2.75) is 44.8 Å². The fourth-order valence-electron chi connectivity index (χ4n) is 1.54. The van der Waals surface area contributed by atoms with E-state index in [-0.39, 0.29) is 18.5 Å². The summed E-state index contributed by atoms with van der Waals surface area (Å²) in [4.78, 5) is 0. The number of hydrogen-bond donors (Lipinski definition) is 0. The summed E-state index contributed by atoms with van der Waals surface area (Å²) in [7, 11) is 2.42. The van der Waals surface area contributed by atoms with Crippen LogP contribution in [0.15, 0.2) is 0 Å². The Morgan fingerprint density at radius 3 is 2.06 bits per heavy atom. The molecule has 5 nitrogen and oxygen atoms in total. The molecule has 96 valence electrons. The van der Waals surface area contributed by atoms with Gasteiger partial charge in [-0.15, -0.1) is 0 Å². The van der Waals surface area contributed by atoms with Crippen LogP contribution in [0.4, 0.5) is 0 Å². The lowest BCUT2D eigenvalue weighted by atomic mass is 10.3. The third-order valence-electron chi connectivity index (χ3n) is 2.81. The Morgan fingerprint density at radius 2 is 1.69 bits per heavy atom. The molecule has 16 heavy (non-hydrogen) atoms. The largest absolute Gasteiger partial charge is 0.500 e. The fourth-order valence-corrected chi connectivity index (χ4v) is 3.41. The molecule has 1 rings (SSSR count). The van der Waals surface area contributed by atoms with Crippen LogP contribution in [0.2, 0.25) is 6.04 Å². The van der Waals surface area contributed by atoms with E-state index in [4.69, 9.17) is 22.8 Å². The van der Waals surface area contributed by atoms with Gasteiger partial charge in [0.15, 0.2) is 6.29 Å². The van der Waals surface area contributed by atoms with Crippen LogP contribution >= 0.6 is 0 Å². The van der Waals surface area contributed by atoms with Crippen molar-refractivity contribution in [3.63, 3.8) is 0 Å². The van der Waals surface area contributed by atoms with Gasteiger partial charge in [-0.25, -0.2) is 0 Å². The van der Waals surface area contributed by atoms with Gasteiger partial charge in [-0.1, -0.05) is 0 Å². The maximum absolute atomic E-state index is 5.64. The van der Waals surface area contributed by atoms with Gasteiger partial charge in [-0.2, -0.15) is 0 Å². The molecule has 0 amide bonds. The van der Waals surface area contributed by atoms with Crippen molar-refractivity contribution < 1.29 is 22.8 Å². The van der Waals surface area contributed by atoms with E-state index in [1.54, 1.807) is 21.3 Å². The first-order chi connectivity index (χ1) is 7.56. The second kappa shape index (κ2) is 6.09. The van der Waals surface area contributed by atoms with E-state index in [1.165, 1.54) is 0 Å². The van der Waals surface area contributed by atoms with Crippen LogP contribution in [-0.4, -0.2) is 48.6 Å². The van der Waals surface area contributed by atoms with Crippen LogP contribution in [0.1, 0.15) is 20.3 Å². The average molecular weight is 250 g/mol. The molecular formula is C10H22O5Si. The molecule has 3 atom stereocenters. The lowest BCUT2D eigenvalue weighted by Gasteiger charge is -2.25. The summed E-state index contributed by atoms with van der Waals surface area (Å²) >= 11 is 0. The molecule has 1 saturated heterocycles. The van der Waals surface area contributed by atoms with Gasteiger partial charge in [-0.05, 0) is 20.3 Å². The third kappa shape index (κ3) is 3.79. The Balaban J connectivity index is 2.25. The summed E-state index contributed by atoms with van der Waals surface area (Å²) in [6.45, 7) is 4.02. The zero-order chi connectivity index (χ0) is 12.2. The highest BCUT2D eigenvalue weighted by Gasteiger charge is 2.40. The summed E-state index contributed by atoms with van der Waals surface area (Å²) in [5, 5.41) is 0. The highest BCUT2D eigenvalue weighted by atomic mass is 28.4. The molecule has 0 spiro atoms. The van der Waals surface area contributed by atoms with Gasteiger partial charge in [0.25, 0.3) is 0 Å². The topological polar surface area (TPSA) is 49.5 Å². The summed E-state index contributed by atoms with van der Waals surface area (Å²) in [5.41, 5.74) is 0. The highest BCUT2D eigenvalue weighted by molar-refractivity contribution is 6.60. The second-order valence-corrected chi connectivity index (χ2v) is 7.08. The van der Waals surface area contributed by atoms with Crippen LogP contribution in [-0.2, 0) is 22.8 Å². The molecule has 0 aliphatic carbocycles. The van der Waals surface area contributed by atoms with Crippen LogP contribution in [0.5, 0.6) is 0 Å². The quantitative estimate of drug-likeness (QED) is 0.481. The second-order valence-electron chi connectivity index (χ2n) is 3.99. The summed E-state index contributed by atoms with van der Waals surface area (Å²) in [6, 6.07) is 0.749. The summed E-state index contributed by atoms with van der Waals surface area (Å²) in [6.07, 6.45) is 1.17. The Labute approximate surface area is 98.3 Å². The molecule has 0 saturated carbocycles. The number of hydrogen-bond acceptors (Lipinski definition) is 5. The highest BCUT2D eigenvalue weighted by Crippen LogP contribution is 2.26. The zero-order valence-corrected chi connectivity index (χ0v) is 11.7. The van der Waals surface area contributed by atoms with Crippen molar-refractivity contribution in [3.8, 4) is 0 Å². The molecule has 0 aromatic heterocycles. The van der Waals surface area contributed by atoms with Crippen LogP contribution in [0.3, 0.4) is 0 Å². The monoisotopic (exact) mass is 250 g/mol. The number of rotatable bonds is 8. The lowest BCUT2D eigenvalue weighted by Crippen LogP contribution is -2.43. The maximum Gasteiger partial charge on any atom is 0.500 e. The van der Waals surface area contributed by atoms with Gasteiger partial charge in [0.05, 0.1) is 6.10 Å². The molecule has 0 aromatic carbocycles. The maximum atomic E-state index is 5.64. The van der Waals surface area contributed by atoms with E-state index in [1.807, 2.05) is 13.8 Å². The molecule has 1 heterocycles. The first kappa shape index (κ1) is 14.1. The van der Waals surface area contributed by atoms with Gasteiger partial charge >= 0.3 is 8.80 Å². The van der Waals surface area contributed by atoms with Crippen LogP contribution in [0, 0.1) is 0 Å². The summed E-state index contributed by atoms with van der Waals surface area (Å²) in [5.74, 6) is 0. The summed E-state index contributed by atoms with van der Waals surface area (Å²) < 4.78 is 26.8. The molecular weight excluding hydrogens is 228 g/mol. The fraction of sp³-hybridized carbons (Fsp3) is 1.00. The van der Waals surface area contributed by atoms with Crippen molar-refractivity contribution in [3.05, 3.63) is 0 Å². The van der Waals surface area contributed by atoms with Gasteiger partial charge < -0.3 is 22.8 Å². The van der Waals surface area contributed by atoms with Crippen LogP contribution < -0.4 is 0 Å². The SMILES string of the molecule is CO[Si](CCC(C)OC1OC1C)(OC)OC. The van der Waals surface area contributed by atoms with Gasteiger partial charge in [0.1, 0.15) is 6.10 Å². The average Bonchev–Trinajstić information content (AvgIpc) is 2.97. The minimum Gasteiger partial charge on any atom is -0.377 e. The molecule has 3 unspecified atom stereocenters. The third-order valence-corrected chi connectivity index (χ3v) is 5.58. The van der Waals surface area contributed by atoms with Crippen molar-refractivity contribution in [2.75, 3.05) is 21.3 Å². The van der Waals surface area contributed by atoms with Gasteiger partial charge in [0, 0.05) is 27.4 Å². The molecule has 0 bridgehead atoms. The van der Waals surface area contributed by atoms with Crippen LogP contribution in [0.25, 0.3) is 0 Å². The van der Waals surface area contributed by atoms with E-state index in [0.29, 0.717) is 0 Å². The Morgan fingerprint density at radius 1 is 1.19 bits per heavy atom. The number of epoxide rings is 1. The first-order valence-electron chi connectivity index (χ1n) is 5.53. The molecule has 6 heteroatoms. The molecule has 0 aromatic rings. The normalized spacial score (nSPS) is 26.8. The lowest BCUT2D eigenvalue weighted by molar-refractivity contribution is -0.00587. The molecule has 1 fully saturated rings. The Hall–Kier alpha value is 0.0169. The standard InChI is InChI=1S/C10H22O5Si/c1-8(14-10-9(2)15-10)6-7-16(11-3,12-4)13-5/h8-10H,6-7H2,1-5H3. The molecule has 1 aliphatic rings. The van der Waals surface area contributed by atoms with E-state index in [2.05, 4.69) is 0 Å². The smallest absolute Gasteiger partial charge is 0.377 e. The molecule has 0 radical (unpaired) electrons. The Bertz CT molecular complexity index is 201. The van der Waals surface area contributed by atoms with E-state index >= 15 is 0 Å². The minimum atomic E-state index is -2.45. The predicted molar refractivity (Wildman–Crippen MR) is 61.1 cm³/mol. The van der Waals surface area contributed by atoms with Crippen molar-refractivity contribution in [1.82, 2.24) is 0 Å². The van der Waals surface area contributed by atoms with Crippen molar-refractivity contribution in [1.29, 1.82) is 0 Å². The van der Waals surface area contributed by atoms with E-state index in [9.17, 15) is 0 Å². The predicted octanol–water partition coefficient (Wildman–Crippen LogP) is 1.40. The van der Waals surface area contributed by atoms with Gasteiger partial charge in [-0.3, -0.25) is 0 Å². The molecule has 0 N–H and O–H groups in total. The van der Waals surface area contributed by atoms with E-state index < -0.39 is 8.80 Å². The number of ether oxygens (including phenoxy) is 2. The van der Waals surface area contributed by atoms with Gasteiger partial charge in [0.2, 0.25) is 0 Å². The van der Waals surface area contributed by atoms with E-state index in [0.717, 1.165) is 12.5 Å². The zero-order valence-electron chi connectivity index (χ0n) is 10.7. The minimum absolute atomic E-state index is 0.0290. The Kier molecular flexibility index (Phi) is 5.36.